The van der Waals surface area contributed by atoms with Gasteiger partial charge in [0.2, 0.25) is 5.75 Å². The van der Waals surface area contributed by atoms with Crippen LogP contribution in [0.2, 0.25) is 0 Å². The Morgan fingerprint density at radius 2 is 1.09 bits per heavy atom. The molecule has 1 aromatic carbocycles. The highest BCUT2D eigenvalue weighted by Gasteiger charge is 2.22. The fraction of sp³-hybridized carbons (Fsp3) is 0.759. The Morgan fingerprint density at radius 3 is 1.59 bits per heavy atom. The first-order chi connectivity index (χ1) is 16.5. The molecule has 5 heteroatoms. The normalized spacial score (nSPS) is 11.1. The standard InChI is InChI=1S/C29H50O5/c1-3-5-7-9-11-13-14-16-18-20-22-34-29(33)25-23-26(30)28(32)27(31)24(25)21-19-17-15-12-10-8-6-4-2/h23,30-32H,3-22H2,1-2H3. The molecule has 0 saturated carbocycles. The lowest BCUT2D eigenvalue weighted by molar-refractivity contribution is 0.0495. The number of aromatic hydroxyl groups is 3. The van der Waals surface area contributed by atoms with Gasteiger partial charge in [0.05, 0.1) is 12.2 Å². The van der Waals surface area contributed by atoms with E-state index in [0.717, 1.165) is 38.5 Å². The summed E-state index contributed by atoms with van der Waals surface area (Å²) >= 11 is 0. The van der Waals surface area contributed by atoms with Crippen LogP contribution in [0.5, 0.6) is 17.2 Å². The maximum Gasteiger partial charge on any atom is 0.338 e. The van der Waals surface area contributed by atoms with Crippen LogP contribution in [0.15, 0.2) is 6.07 Å². The monoisotopic (exact) mass is 478 g/mol. The van der Waals surface area contributed by atoms with Gasteiger partial charge in [0.25, 0.3) is 0 Å². The molecule has 0 aliphatic rings. The average molecular weight is 479 g/mol. The second-order valence-corrected chi connectivity index (χ2v) is 9.66. The van der Waals surface area contributed by atoms with Gasteiger partial charge in [-0.2, -0.15) is 0 Å². The number of esters is 1. The van der Waals surface area contributed by atoms with E-state index in [1.165, 1.54) is 83.1 Å². The van der Waals surface area contributed by atoms with Crippen LogP contribution in [0.25, 0.3) is 0 Å². The minimum atomic E-state index is -0.569. The number of phenolic OH excluding ortho intramolecular Hbond substituents is 3. The average Bonchev–Trinajstić information content (AvgIpc) is 2.83. The molecule has 0 radical (unpaired) electrons. The molecule has 0 atom stereocenters. The maximum absolute atomic E-state index is 12.7. The zero-order chi connectivity index (χ0) is 25.0. The van der Waals surface area contributed by atoms with Gasteiger partial charge in [-0.1, -0.05) is 117 Å². The molecule has 0 fully saturated rings. The van der Waals surface area contributed by atoms with Crippen molar-refractivity contribution in [1.82, 2.24) is 0 Å². The number of carbonyl (C=O) groups is 1. The Hall–Kier alpha value is -1.91. The largest absolute Gasteiger partial charge is 0.504 e. The van der Waals surface area contributed by atoms with E-state index in [1.807, 2.05) is 0 Å². The summed E-state index contributed by atoms with van der Waals surface area (Å²) in [4.78, 5) is 12.7. The van der Waals surface area contributed by atoms with Gasteiger partial charge in [0.1, 0.15) is 0 Å². The summed E-state index contributed by atoms with van der Waals surface area (Å²) in [5.74, 6) is -2.02. The van der Waals surface area contributed by atoms with Crippen molar-refractivity contribution in [1.29, 1.82) is 0 Å². The smallest absolute Gasteiger partial charge is 0.338 e. The van der Waals surface area contributed by atoms with Crippen LogP contribution in [0.3, 0.4) is 0 Å². The van der Waals surface area contributed by atoms with Crippen LogP contribution >= 0.6 is 0 Å². The van der Waals surface area contributed by atoms with E-state index in [9.17, 15) is 20.1 Å². The van der Waals surface area contributed by atoms with Gasteiger partial charge in [-0.3, -0.25) is 0 Å². The van der Waals surface area contributed by atoms with Crippen LogP contribution in [0, 0.1) is 0 Å². The summed E-state index contributed by atoms with van der Waals surface area (Å²) < 4.78 is 5.43. The van der Waals surface area contributed by atoms with Crippen LogP contribution in [-0.4, -0.2) is 27.9 Å². The van der Waals surface area contributed by atoms with Crippen molar-refractivity contribution in [2.75, 3.05) is 6.61 Å². The molecule has 5 nitrogen and oxygen atoms in total. The third kappa shape index (κ3) is 12.5. The third-order valence-corrected chi connectivity index (χ3v) is 6.59. The van der Waals surface area contributed by atoms with E-state index in [4.69, 9.17) is 4.74 Å². The first kappa shape index (κ1) is 30.1. The van der Waals surface area contributed by atoms with Crippen LogP contribution in [0.1, 0.15) is 145 Å². The van der Waals surface area contributed by atoms with Gasteiger partial charge >= 0.3 is 5.97 Å². The van der Waals surface area contributed by atoms with Gasteiger partial charge in [0.15, 0.2) is 11.5 Å². The summed E-state index contributed by atoms with van der Waals surface area (Å²) in [6, 6.07) is 1.22. The van der Waals surface area contributed by atoms with Crippen molar-refractivity contribution in [3.8, 4) is 17.2 Å². The number of hydrogen-bond donors (Lipinski definition) is 3. The quantitative estimate of drug-likeness (QED) is 0.0935. The first-order valence-electron chi connectivity index (χ1n) is 14.0. The Balaban J connectivity index is 2.38. The molecular formula is C29H50O5. The summed E-state index contributed by atoms with van der Waals surface area (Å²) in [5, 5.41) is 30.2. The Morgan fingerprint density at radius 1 is 0.647 bits per heavy atom. The lowest BCUT2D eigenvalue weighted by Gasteiger charge is -2.14. The molecule has 34 heavy (non-hydrogen) atoms. The van der Waals surface area contributed by atoms with Crippen molar-refractivity contribution in [3.63, 3.8) is 0 Å². The molecular weight excluding hydrogens is 428 g/mol. The molecule has 3 N–H and O–H groups in total. The van der Waals surface area contributed by atoms with E-state index in [0.29, 0.717) is 18.6 Å². The van der Waals surface area contributed by atoms with Crippen LogP contribution < -0.4 is 0 Å². The molecule has 0 aliphatic carbocycles. The molecule has 1 aromatic rings. The highest BCUT2D eigenvalue weighted by atomic mass is 16.5. The topological polar surface area (TPSA) is 87.0 Å². The van der Waals surface area contributed by atoms with E-state index in [-0.39, 0.29) is 5.56 Å². The summed E-state index contributed by atoms with van der Waals surface area (Å²) in [5.41, 5.74) is 0.525. The fourth-order valence-corrected chi connectivity index (χ4v) is 4.39. The molecule has 0 heterocycles. The van der Waals surface area contributed by atoms with Crippen LogP contribution in [-0.2, 0) is 11.2 Å². The van der Waals surface area contributed by atoms with Crippen molar-refractivity contribution < 1.29 is 24.9 Å². The van der Waals surface area contributed by atoms with Crippen molar-refractivity contribution in [2.24, 2.45) is 0 Å². The predicted octanol–water partition coefficient (Wildman–Crippen LogP) is 8.56. The summed E-state index contributed by atoms with van der Waals surface area (Å²) in [7, 11) is 0. The number of hydrogen-bond acceptors (Lipinski definition) is 5. The molecule has 1 rings (SSSR count). The molecule has 0 bridgehead atoms. The number of rotatable bonds is 21. The minimum absolute atomic E-state index is 0.155. The number of carbonyl (C=O) groups excluding carboxylic acids is 1. The molecule has 0 spiro atoms. The van der Waals surface area contributed by atoms with Crippen molar-refractivity contribution >= 4 is 5.97 Å². The molecule has 0 aromatic heterocycles. The number of benzene rings is 1. The predicted molar refractivity (Wildman–Crippen MR) is 140 cm³/mol. The highest BCUT2D eigenvalue weighted by Crippen LogP contribution is 2.40. The molecule has 0 aliphatic heterocycles. The maximum atomic E-state index is 12.7. The van der Waals surface area contributed by atoms with Gasteiger partial charge in [0, 0.05) is 5.56 Å². The van der Waals surface area contributed by atoms with Gasteiger partial charge in [-0.05, 0) is 25.3 Å². The van der Waals surface area contributed by atoms with Gasteiger partial charge in [-0.25, -0.2) is 4.79 Å². The van der Waals surface area contributed by atoms with E-state index < -0.39 is 23.2 Å². The minimum Gasteiger partial charge on any atom is -0.504 e. The SMILES string of the molecule is CCCCCCCCCCCCOC(=O)c1cc(O)c(O)c(O)c1CCCCCCCCCC. The summed E-state index contributed by atoms with van der Waals surface area (Å²) in [6.07, 6.45) is 21.7. The van der Waals surface area contributed by atoms with Gasteiger partial charge in [-0.15, -0.1) is 0 Å². The van der Waals surface area contributed by atoms with E-state index in [1.54, 1.807) is 0 Å². The zero-order valence-corrected chi connectivity index (χ0v) is 21.9. The molecule has 0 saturated heterocycles. The Bertz CT molecular complexity index is 671. The lowest BCUT2D eigenvalue weighted by atomic mass is 9.98. The third-order valence-electron chi connectivity index (χ3n) is 6.59. The molecule has 0 unspecified atom stereocenters. The van der Waals surface area contributed by atoms with Gasteiger partial charge < -0.3 is 20.1 Å². The highest BCUT2D eigenvalue weighted by molar-refractivity contribution is 5.93. The van der Waals surface area contributed by atoms with Crippen molar-refractivity contribution in [3.05, 3.63) is 17.2 Å². The second kappa shape index (κ2) is 19.4. The number of phenols is 3. The molecule has 0 amide bonds. The summed E-state index contributed by atoms with van der Waals surface area (Å²) in [6.45, 7) is 4.77. The van der Waals surface area contributed by atoms with E-state index >= 15 is 0 Å². The second-order valence-electron chi connectivity index (χ2n) is 9.66. The van der Waals surface area contributed by atoms with E-state index in [2.05, 4.69) is 13.8 Å². The number of unbranched alkanes of at least 4 members (excludes halogenated alkanes) is 16. The van der Waals surface area contributed by atoms with Crippen LogP contribution in [0.4, 0.5) is 0 Å². The Kier molecular flexibility index (Phi) is 17.2. The Labute approximate surface area is 207 Å². The lowest BCUT2D eigenvalue weighted by Crippen LogP contribution is -2.10. The zero-order valence-electron chi connectivity index (χ0n) is 21.9. The fourth-order valence-electron chi connectivity index (χ4n) is 4.39. The number of ether oxygens (including phenoxy) is 1. The van der Waals surface area contributed by atoms with Crippen molar-refractivity contribution in [2.45, 2.75) is 136 Å². The molecule has 196 valence electrons. The first-order valence-corrected chi connectivity index (χ1v) is 14.0.